The van der Waals surface area contributed by atoms with E-state index < -0.39 is 0 Å². The summed E-state index contributed by atoms with van der Waals surface area (Å²) in [6, 6.07) is 7.15. The second-order valence-electron chi connectivity index (χ2n) is 3.57. The van der Waals surface area contributed by atoms with Crippen LogP contribution in [0.2, 0.25) is 0 Å². The van der Waals surface area contributed by atoms with Crippen LogP contribution in [0.5, 0.6) is 0 Å². The Kier molecular flexibility index (Phi) is 2.46. The summed E-state index contributed by atoms with van der Waals surface area (Å²) in [6.45, 7) is 1.98. The molecule has 0 saturated carbocycles. The maximum Gasteiger partial charge on any atom is 0.163 e. The van der Waals surface area contributed by atoms with E-state index in [4.69, 9.17) is 0 Å². The molecule has 3 heteroatoms. The maximum atomic E-state index is 11.8. The molecule has 15 heavy (non-hydrogen) atoms. The summed E-state index contributed by atoms with van der Waals surface area (Å²) < 4.78 is 1.04. The molecule has 2 rings (SSSR count). The van der Waals surface area contributed by atoms with Crippen LogP contribution in [-0.4, -0.2) is 15.7 Å². The van der Waals surface area contributed by atoms with Crippen molar-refractivity contribution in [2.45, 2.75) is 19.8 Å². The molecule has 0 atom stereocenters. The van der Waals surface area contributed by atoms with Crippen molar-refractivity contribution in [1.82, 2.24) is 4.73 Å². The van der Waals surface area contributed by atoms with E-state index in [-0.39, 0.29) is 5.78 Å². The fourth-order valence-electron chi connectivity index (χ4n) is 1.76. The Hall–Kier alpha value is -1.77. The quantitative estimate of drug-likeness (QED) is 0.615. The van der Waals surface area contributed by atoms with Crippen LogP contribution in [-0.2, 0) is 0 Å². The van der Waals surface area contributed by atoms with Crippen molar-refractivity contribution in [3.8, 4) is 0 Å². The van der Waals surface area contributed by atoms with E-state index >= 15 is 0 Å². The normalized spacial score (nSPS) is 10.7. The minimum atomic E-state index is 0.134. The number of nitrogens with zero attached hydrogens (tertiary/aromatic N) is 1. The Bertz CT molecular complexity index is 499. The van der Waals surface area contributed by atoms with Crippen LogP contribution in [0, 0.1) is 0 Å². The predicted octanol–water partition coefficient (Wildman–Crippen LogP) is 2.86. The number of benzene rings is 1. The Labute approximate surface area is 87.9 Å². The van der Waals surface area contributed by atoms with Crippen LogP contribution < -0.4 is 0 Å². The van der Waals surface area contributed by atoms with Crippen LogP contribution in [0.4, 0.5) is 0 Å². The highest BCUT2D eigenvalue weighted by Gasteiger charge is 2.10. The molecule has 0 saturated heterocycles. The summed E-state index contributed by atoms with van der Waals surface area (Å²) in [4.78, 5) is 11.8. The van der Waals surface area contributed by atoms with Crippen LogP contribution in [0.15, 0.2) is 30.5 Å². The topological polar surface area (TPSA) is 42.2 Å². The van der Waals surface area contributed by atoms with Gasteiger partial charge in [0, 0.05) is 23.6 Å². The largest absolute Gasteiger partial charge is 0.428 e. The number of hydrogen-bond acceptors (Lipinski definition) is 2. The summed E-state index contributed by atoms with van der Waals surface area (Å²) >= 11 is 0. The van der Waals surface area contributed by atoms with Crippen molar-refractivity contribution >= 4 is 16.7 Å². The molecule has 1 heterocycles. The molecule has 0 bridgehead atoms. The Morgan fingerprint density at radius 3 is 2.93 bits per heavy atom. The number of carbonyl (C=O) groups is 1. The molecule has 2 aromatic rings. The van der Waals surface area contributed by atoms with E-state index in [0.29, 0.717) is 17.5 Å². The smallest absolute Gasteiger partial charge is 0.163 e. The molecule has 0 unspecified atom stereocenters. The summed E-state index contributed by atoms with van der Waals surface area (Å²) in [6.07, 6.45) is 2.94. The van der Waals surface area contributed by atoms with Crippen molar-refractivity contribution in [3.05, 3.63) is 36.0 Å². The third-order valence-electron chi connectivity index (χ3n) is 2.49. The summed E-state index contributed by atoms with van der Waals surface area (Å²) in [5, 5.41) is 10.3. The molecule has 0 aliphatic rings. The number of fused-ring (bicyclic) bond motifs is 1. The van der Waals surface area contributed by atoms with E-state index in [9.17, 15) is 10.0 Å². The molecule has 1 aromatic heterocycles. The third kappa shape index (κ3) is 1.61. The minimum absolute atomic E-state index is 0.134. The summed E-state index contributed by atoms with van der Waals surface area (Å²) in [7, 11) is 0. The monoisotopic (exact) mass is 203 g/mol. The second-order valence-corrected chi connectivity index (χ2v) is 3.57. The average Bonchev–Trinajstić information content (AvgIpc) is 2.61. The lowest BCUT2D eigenvalue weighted by atomic mass is 10.0. The maximum absolute atomic E-state index is 11.8. The fraction of sp³-hybridized carbons (Fsp3) is 0.250. The van der Waals surface area contributed by atoms with Crippen molar-refractivity contribution in [2.75, 3.05) is 0 Å². The highest BCUT2D eigenvalue weighted by molar-refractivity contribution is 6.07. The number of hydrogen-bond donors (Lipinski definition) is 1. The molecule has 0 aliphatic carbocycles. The SMILES string of the molecule is CCCC(=O)c1cccc2c1ccn2O. The lowest BCUT2D eigenvalue weighted by Gasteiger charge is -2.01. The van der Waals surface area contributed by atoms with Gasteiger partial charge in [0.25, 0.3) is 0 Å². The van der Waals surface area contributed by atoms with Crippen molar-refractivity contribution < 1.29 is 10.0 Å². The molecule has 1 aromatic carbocycles. The van der Waals surface area contributed by atoms with Gasteiger partial charge in [-0.1, -0.05) is 19.1 Å². The van der Waals surface area contributed by atoms with Crippen LogP contribution >= 0.6 is 0 Å². The molecule has 0 spiro atoms. The molecule has 0 fully saturated rings. The standard InChI is InChI=1S/C12H13NO2/c1-2-4-12(14)10-5-3-6-11-9(10)7-8-13(11)15/h3,5-8,15H,2,4H2,1H3. The zero-order chi connectivity index (χ0) is 10.8. The first-order valence-electron chi connectivity index (χ1n) is 5.06. The lowest BCUT2D eigenvalue weighted by molar-refractivity contribution is 0.0983. The summed E-state index contributed by atoms with van der Waals surface area (Å²) in [5.41, 5.74) is 1.37. The van der Waals surface area contributed by atoms with Crippen LogP contribution in [0.1, 0.15) is 30.1 Å². The van der Waals surface area contributed by atoms with Gasteiger partial charge in [-0.25, -0.2) is 0 Å². The third-order valence-corrected chi connectivity index (χ3v) is 2.49. The van der Waals surface area contributed by atoms with E-state index in [1.807, 2.05) is 6.92 Å². The number of aromatic nitrogens is 1. The zero-order valence-electron chi connectivity index (χ0n) is 8.60. The van der Waals surface area contributed by atoms with Gasteiger partial charge in [0.15, 0.2) is 5.78 Å². The van der Waals surface area contributed by atoms with Crippen LogP contribution in [0.25, 0.3) is 10.9 Å². The molecular formula is C12H13NO2. The van der Waals surface area contributed by atoms with Gasteiger partial charge in [-0.2, -0.15) is 4.73 Å². The van der Waals surface area contributed by atoms with Gasteiger partial charge in [-0.15, -0.1) is 0 Å². The predicted molar refractivity (Wildman–Crippen MR) is 58.4 cm³/mol. The fourth-order valence-corrected chi connectivity index (χ4v) is 1.76. The number of ketones is 1. The zero-order valence-corrected chi connectivity index (χ0v) is 8.60. The van der Waals surface area contributed by atoms with Gasteiger partial charge in [0.2, 0.25) is 0 Å². The number of Topliss-reactive ketones (excluding diaryl/α,β-unsaturated/α-hetero) is 1. The van der Waals surface area contributed by atoms with Crippen LogP contribution in [0.3, 0.4) is 0 Å². The minimum Gasteiger partial charge on any atom is -0.428 e. The summed E-state index contributed by atoms with van der Waals surface area (Å²) in [5.74, 6) is 0.134. The molecule has 3 nitrogen and oxygen atoms in total. The molecule has 1 N–H and O–H groups in total. The highest BCUT2D eigenvalue weighted by atomic mass is 16.5. The first-order chi connectivity index (χ1) is 7.24. The van der Waals surface area contributed by atoms with Crippen molar-refractivity contribution in [3.63, 3.8) is 0 Å². The van der Waals surface area contributed by atoms with Gasteiger partial charge >= 0.3 is 0 Å². The Morgan fingerprint density at radius 1 is 1.40 bits per heavy atom. The van der Waals surface area contributed by atoms with Gasteiger partial charge in [0.1, 0.15) is 0 Å². The van der Waals surface area contributed by atoms with Gasteiger partial charge < -0.3 is 5.21 Å². The number of rotatable bonds is 3. The molecular weight excluding hydrogens is 190 g/mol. The highest BCUT2D eigenvalue weighted by Crippen LogP contribution is 2.20. The Morgan fingerprint density at radius 2 is 2.20 bits per heavy atom. The average molecular weight is 203 g/mol. The Balaban J connectivity index is 2.56. The van der Waals surface area contributed by atoms with Crippen molar-refractivity contribution in [1.29, 1.82) is 0 Å². The van der Waals surface area contributed by atoms with Gasteiger partial charge in [-0.05, 0) is 18.6 Å². The van der Waals surface area contributed by atoms with E-state index in [1.54, 1.807) is 30.5 Å². The van der Waals surface area contributed by atoms with Crippen molar-refractivity contribution in [2.24, 2.45) is 0 Å². The second kappa shape index (κ2) is 3.77. The molecule has 0 radical (unpaired) electrons. The molecule has 0 amide bonds. The van der Waals surface area contributed by atoms with Gasteiger partial charge in [0.05, 0.1) is 5.52 Å². The lowest BCUT2D eigenvalue weighted by Crippen LogP contribution is -1.98. The molecule has 78 valence electrons. The first-order valence-corrected chi connectivity index (χ1v) is 5.06. The van der Waals surface area contributed by atoms with Gasteiger partial charge in [-0.3, -0.25) is 4.79 Å². The van der Waals surface area contributed by atoms with E-state index in [1.165, 1.54) is 0 Å². The first kappa shape index (κ1) is 9.77. The molecule has 0 aliphatic heterocycles. The van der Waals surface area contributed by atoms with E-state index in [0.717, 1.165) is 16.5 Å². The number of carbonyl (C=O) groups excluding carboxylic acids is 1. The van der Waals surface area contributed by atoms with E-state index in [2.05, 4.69) is 0 Å².